The Labute approximate surface area is 103 Å². The number of nitrogens with one attached hydrogen (secondary N) is 1. The van der Waals surface area contributed by atoms with E-state index in [2.05, 4.69) is 37.4 Å². The molecule has 0 aliphatic heterocycles. The zero-order valence-corrected chi connectivity index (χ0v) is 10.9. The van der Waals surface area contributed by atoms with E-state index in [0.29, 0.717) is 6.42 Å². The van der Waals surface area contributed by atoms with Crippen molar-refractivity contribution in [2.45, 2.75) is 33.2 Å². The molecule has 0 spiro atoms. The molecule has 0 amide bonds. The zero-order chi connectivity index (χ0) is 13.0. The molecule has 2 atom stereocenters. The third kappa shape index (κ3) is 3.56. The van der Waals surface area contributed by atoms with Gasteiger partial charge in [-0.15, -0.1) is 0 Å². The lowest BCUT2D eigenvalue weighted by Crippen LogP contribution is -2.22. The fourth-order valence-electron chi connectivity index (χ4n) is 1.86. The normalized spacial score (nSPS) is 14.4. The maximum Gasteiger partial charge on any atom is 0.306 e. The maximum absolute atomic E-state index is 10.9. The molecule has 17 heavy (non-hydrogen) atoms. The molecule has 1 aromatic rings. The highest BCUT2D eigenvalue weighted by molar-refractivity contribution is 5.69. The van der Waals surface area contributed by atoms with Crippen LogP contribution in [-0.2, 0) is 4.79 Å². The summed E-state index contributed by atoms with van der Waals surface area (Å²) in [5, 5.41) is 12.1. The molecule has 0 aliphatic rings. The number of aryl methyl sites for hydroxylation is 2. The summed E-state index contributed by atoms with van der Waals surface area (Å²) in [4.78, 5) is 10.9. The average Bonchev–Trinajstić information content (AvgIpc) is 2.29. The van der Waals surface area contributed by atoms with Crippen LogP contribution in [0.2, 0.25) is 0 Å². The van der Waals surface area contributed by atoms with E-state index in [1.807, 2.05) is 7.05 Å². The van der Waals surface area contributed by atoms with Crippen LogP contribution in [0.15, 0.2) is 18.2 Å². The van der Waals surface area contributed by atoms with Gasteiger partial charge in [-0.3, -0.25) is 4.79 Å². The molecule has 3 heteroatoms. The van der Waals surface area contributed by atoms with E-state index in [1.165, 1.54) is 11.1 Å². The first kappa shape index (κ1) is 13.7. The first-order chi connectivity index (χ1) is 7.95. The predicted molar refractivity (Wildman–Crippen MR) is 69.1 cm³/mol. The second-order valence-electron chi connectivity index (χ2n) is 4.66. The number of rotatable bonds is 5. The van der Waals surface area contributed by atoms with E-state index in [-0.39, 0.29) is 12.0 Å². The van der Waals surface area contributed by atoms with E-state index < -0.39 is 5.97 Å². The van der Waals surface area contributed by atoms with Crippen molar-refractivity contribution < 1.29 is 9.90 Å². The summed E-state index contributed by atoms with van der Waals surface area (Å²) in [7, 11) is 1.87. The van der Waals surface area contributed by atoms with E-state index in [4.69, 9.17) is 5.11 Å². The summed E-state index contributed by atoms with van der Waals surface area (Å²) < 4.78 is 0. The van der Waals surface area contributed by atoms with Gasteiger partial charge in [0, 0.05) is 6.04 Å². The second kappa shape index (κ2) is 5.82. The molecule has 0 aromatic heterocycles. The van der Waals surface area contributed by atoms with Crippen molar-refractivity contribution in [3.8, 4) is 0 Å². The van der Waals surface area contributed by atoms with Gasteiger partial charge in [0.2, 0.25) is 0 Å². The molecule has 1 aromatic carbocycles. The van der Waals surface area contributed by atoms with Crippen molar-refractivity contribution in [1.29, 1.82) is 0 Å². The smallest absolute Gasteiger partial charge is 0.306 e. The maximum atomic E-state index is 10.9. The van der Waals surface area contributed by atoms with Gasteiger partial charge in [0.1, 0.15) is 0 Å². The molecule has 0 saturated carbocycles. The molecule has 0 heterocycles. The van der Waals surface area contributed by atoms with Crippen LogP contribution in [0.5, 0.6) is 0 Å². The molecular weight excluding hydrogens is 214 g/mol. The van der Waals surface area contributed by atoms with Crippen LogP contribution in [0, 0.1) is 19.8 Å². The Bertz CT molecular complexity index is 401. The Morgan fingerprint density at radius 3 is 2.47 bits per heavy atom. The SMILES string of the molecule is CNC(CC(C)C(=O)O)c1ccc(C)c(C)c1. The number of carboxylic acids is 1. The molecule has 0 aliphatic carbocycles. The fourth-order valence-corrected chi connectivity index (χ4v) is 1.86. The Morgan fingerprint density at radius 1 is 1.35 bits per heavy atom. The number of hydrogen-bond acceptors (Lipinski definition) is 2. The highest BCUT2D eigenvalue weighted by Gasteiger charge is 2.18. The summed E-state index contributed by atoms with van der Waals surface area (Å²) in [6.07, 6.45) is 0.605. The van der Waals surface area contributed by atoms with Crippen molar-refractivity contribution in [3.63, 3.8) is 0 Å². The number of carbonyl (C=O) groups is 1. The van der Waals surface area contributed by atoms with Gasteiger partial charge in [-0.2, -0.15) is 0 Å². The van der Waals surface area contributed by atoms with Gasteiger partial charge in [0.15, 0.2) is 0 Å². The number of hydrogen-bond donors (Lipinski definition) is 2. The quantitative estimate of drug-likeness (QED) is 0.825. The van der Waals surface area contributed by atoms with Crippen LogP contribution in [0.1, 0.15) is 36.1 Å². The predicted octanol–water partition coefficient (Wildman–Crippen LogP) is 2.67. The van der Waals surface area contributed by atoms with Crippen molar-refractivity contribution in [3.05, 3.63) is 34.9 Å². The molecule has 0 bridgehead atoms. The van der Waals surface area contributed by atoms with Crippen molar-refractivity contribution in [2.75, 3.05) is 7.05 Å². The summed E-state index contributed by atoms with van der Waals surface area (Å²) in [5.74, 6) is -1.08. The van der Waals surface area contributed by atoms with E-state index in [1.54, 1.807) is 6.92 Å². The summed E-state index contributed by atoms with van der Waals surface area (Å²) in [5.41, 5.74) is 3.66. The minimum atomic E-state index is -0.742. The molecule has 0 radical (unpaired) electrons. The van der Waals surface area contributed by atoms with Crippen molar-refractivity contribution >= 4 is 5.97 Å². The Kier molecular flexibility index (Phi) is 4.70. The fraction of sp³-hybridized carbons (Fsp3) is 0.500. The molecule has 94 valence electrons. The van der Waals surface area contributed by atoms with Gasteiger partial charge in [-0.1, -0.05) is 25.1 Å². The Hall–Kier alpha value is -1.35. The van der Waals surface area contributed by atoms with E-state index in [9.17, 15) is 4.79 Å². The van der Waals surface area contributed by atoms with Crippen molar-refractivity contribution in [2.24, 2.45) is 5.92 Å². The zero-order valence-electron chi connectivity index (χ0n) is 10.9. The van der Waals surface area contributed by atoms with Crippen LogP contribution in [0.25, 0.3) is 0 Å². The van der Waals surface area contributed by atoms with Gasteiger partial charge in [0.25, 0.3) is 0 Å². The lowest BCUT2D eigenvalue weighted by Gasteiger charge is -2.19. The lowest BCUT2D eigenvalue weighted by molar-refractivity contribution is -0.141. The largest absolute Gasteiger partial charge is 0.481 e. The summed E-state index contributed by atoms with van der Waals surface area (Å²) >= 11 is 0. The van der Waals surface area contributed by atoms with Crippen LogP contribution in [0.4, 0.5) is 0 Å². The Balaban J connectivity index is 2.86. The third-order valence-corrected chi connectivity index (χ3v) is 3.29. The van der Waals surface area contributed by atoms with Crippen molar-refractivity contribution in [1.82, 2.24) is 5.32 Å². The van der Waals surface area contributed by atoms with Crippen LogP contribution in [-0.4, -0.2) is 18.1 Å². The first-order valence-electron chi connectivity index (χ1n) is 5.93. The number of aliphatic carboxylic acids is 1. The minimum absolute atomic E-state index is 0.0976. The monoisotopic (exact) mass is 235 g/mol. The van der Waals surface area contributed by atoms with Gasteiger partial charge < -0.3 is 10.4 Å². The van der Waals surface area contributed by atoms with Gasteiger partial charge >= 0.3 is 5.97 Å². The van der Waals surface area contributed by atoms with Crippen LogP contribution < -0.4 is 5.32 Å². The molecule has 2 unspecified atom stereocenters. The number of carboxylic acid groups (broad SMARTS) is 1. The highest BCUT2D eigenvalue weighted by atomic mass is 16.4. The third-order valence-electron chi connectivity index (χ3n) is 3.29. The van der Waals surface area contributed by atoms with Gasteiger partial charge in [0.05, 0.1) is 5.92 Å². The van der Waals surface area contributed by atoms with Crippen LogP contribution >= 0.6 is 0 Å². The molecule has 0 saturated heterocycles. The molecule has 1 rings (SSSR count). The topological polar surface area (TPSA) is 49.3 Å². The minimum Gasteiger partial charge on any atom is -0.481 e. The molecular formula is C14H21NO2. The Morgan fingerprint density at radius 2 is 2.00 bits per heavy atom. The standard InChI is InChI=1S/C14H21NO2/c1-9-5-6-12(7-10(9)2)13(15-4)8-11(3)14(16)17/h5-7,11,13,15H,8H2,1-4H3,(H,16,17). The van der Waals surface area contributed by atoms with Gasteiger partial charge in [-0.05, 0) is 44.0 Å². The highest BCUT2D eigenvalue weighted by Crippen LogP contribution is 2.23. The van der Waals surface area contributed by atoms with E-state index in [0.717, 1.165) is 5.56 Å². The summed E-state index contributed by atoms with van der Waals surface area (Å²) in [6, 6.07) is 6.38. The summed E-state index contributed by atoms with van der Waals surface area (Å²) in [6.45, 7) is 5.90. The first-order valence-corrected chi connectivity index (χ1v) is 5.93. The average molecular weight is 235 g/mol. The van der Waals surface area contributed by atoms with Crippen LogP contribution in [0.3, 0.4) is 0 Å². The molecule has 2 N–H and O–H groups in total. The van der Waals surface area contributed by atoms with Gasteiger partial charge in [-0.25, -0.2) is 0 Å². The second-order valence-corrected chi connectivity index (χ2v) is 4.66. The molecule has 0 fully saturated rings. The number of benzene rings is 1. The lowest BCUT2D eigenvalue weighted by atomic mass is 9.94. The molecule has 3 nitrogen and oxygen atoms in total. The van der Waals surface area contributed by atoms with E-state index >= 15 is 0 Å².